The Hall–Kier alpha value is -1.36. The fraction of sp³-hybridized carbons (Fsp3) is 0.556. The molecule has 0 spiro atoms. The minimum Gasteiger partial charge on any atom is -0.393 e. The van der Waals surface area contributed by atoms with Crippen LogP contribution in [0.25, 0.3) is 0 Å². The number of hydrogen-bond donors (Lipinski definition) is 2. The zero-order valence-corrected chi connectivity index (χ0v) is 8.40. The predicted octanol–water partition coefficient (Wildman–Crippen LogP) is -0.0792. The highest BCUT2D eigenvalue weighted by Gasteiger charge is 2.06. The zero-order chi connectivity index (χ0) is 10.6. The summed E-state index contributed by atoms with van der Waals surface area (Å²) in [6.07, 6.45) is 3.34. The maximum atomic E-state index is 11.4. The smallest absolute Gasteiger partial charge is 0.254 e. The number of aliphatic hydroxyl groups excluding tert-OH is 1. The Kier molecular flexibility index (Phi) is 3.64. The van der Waals surface area contributed by atoms with E-state index in [2.05, 4.69) is 10.4 Å². The summed E-state index contributed by atoms with van der Waals surface area (Å²) in [5.74, 6) is -0.154. The van der Waals surface area contributed by atoms with E-state index in [9.17, 15) is 4.79 Å². The lowest BCUT2D eigenvalue weighted by Crippen LogP contribution is -2.26. The molecule has 1 amide bonds. The van der Waals surface area contributed by atoms with Crippen LogP contribution < -0.4 is 5.32 Å². The number of amides is 1. The van der Waals surface area contributed by atoms with Gasteiger partial charge in [-0.3, -0.25) is 9.48 Å². The second kappa shape index (κ2) is 4.76. The van der Waals surface area contributed by atoms with Crippen LogP contribution in [0.5, 0.6) is 0 Å². The summed E-state index contributed by atoms with van der Waals surface area (Å²) in [5.41, 5.74) is 0.540. The lowest BCUT2D eigenvalue weighted by molar-refractivity contribution is 0.0945. The highest BCUT2D eigenvalue weighted by molar-refractivity contribution is 5.93. The van der Waals surface area contributed by atoms with Gasteiger partial charge in [-0.2, -0.15) is 5.10 Å². The molecule has 0 radical (unpaired) electrons. The van der Waals surface area contributed by atoms with Crippen LogP contribution >= 0.6 is 0 Å². The lowest BCUT2D eigenvalue weighted by atomic mass is 10.3. The van der Waals surface area contributed by atoms with Crippen molar-refractivity contribution in [3.8, 4) is 0 Å². The molecular formula is C9H15N3O2. The molecule has 1 atom stereocenters. The number of rotatable bonds is 4. The molecule has 5 nitrogen and oxygen atoms in total. The second-order valence-corrected chi connectivity index (χ2v) is 3.30. The van der Waals surface area contributed by atoms with Gasteiger partial charge in [0, 0.05) is 19.8 Å². The average molecular weight is 197 g/mol. The Morgan fingerprint density at radius 2 is 2.50 bits per heavy atom. The van der Waals surface area contributed by atoms with Crippen molar-refractivity contribution in [1.82, 2.24) is 15.1 Å². The van der Waals surface area contributed by atoms with Crippen LogP contribution in [0.2, 0.25) is 0 Å². The number of aryl methyl sites for hydroxylation is 1. The fourth-order valence-electron chi connectivity index (χ4n) is 1.04. The van der Waals surface area contributed by atoms with Crippen molar-refractivity contribution in [1.29, 1.82) is 0 Å². The Morgan fingerprint density at radius 1 is 1.79 bits per heavy atom. The zero-order valence-electron chi connectivity index (χ0n) is 8.40. The van der Waals surface area contributed by atoms with Gasteiger partial charge in [0.1, 0.15) is 0 Å². The number of aromatic nitrogens is 2. The molecule has 0 aliphatic heterocycles. The number of carbonyl (C=O) groups is 1. The summed E-state index contributed by atoms with van der Waals surface area (Å²) in [6.45, 7) is 2.17. The summed E-state index contributed by atoms with van der Waals surface area (Å²) in [5, 5.41) is 15.6. The van der Waals surface area contributed by atoms with Crippen LogP contribution in [-0.4, -0.2) is 33.4 Å². The van der Waals surface area contributed by atoms with Crippen molar-refractivity contribution >= 4 is 5.91 Å². The first-order valence-corrected chi connectivity index (χ1v) is 4.54. The van der Waals surface area contributed by atoms with E-state index in [1.807, 2.05) is 0 Å². The third-order valence-corrected chi connectivity index (χ3v) is 1.81. The standard InChI is InChI=1S/C9H15N3O2/c1-7(13)3-4-10-9(14)8-5-11-12(2)6-8/h5-7,13H,3-4H2,1-2H3,(H,10,14). The summed E-state index contributed by atoms with van der Waals surface area (Å²) in [4.78, 5) is 11.4. The van der Waals surface area contributed by atoms with Crippen LogP contribution in [-0.2, 0) is 7.05 Å². The van der Waals surface area contributed by atoms with Crippen LogP contribution in [0.1, 0.15) is 23.7 Å². The monoisotopic (exact) mass is 197 g/mol. The second-order valence-electron chi connectivity index (χ2n) is 3.30. The molecule has 1 rings (SSSR count). The molecule has 0 aromatic carbocycles. The summed E-state index contributed by atoms with van der Waals surface area (Å²) in [6, 6.07) is 0. The average Bonchev–Trinajstić information content (AvgIpc) is 2.51. The Bertz CT molecular complexity index is 307. The van der Waals surface area contributed by atoms with Gasteiger partial charge in [0.05, 0.1) is 17.9 Å². The first-order valence-electron chi connectivity index (χ1n) is 4.54. The van der Waals surface area contributed by atoms with E-state index >= 15 is 0 Å². The van der Waals surface area contributed by atoms with E-state index in [0.717, 1.165) is 0 Å². The van der Waals surface area contributed by atoms with E-state index in [4.69, 9.17) is 5.11 Å². The van der Waals surface area contributed by atoms with Crippen LogP contribution in [0.4, 0.5) is 0 Å². The molecular weight excluding hydrogens is 182 g/mol. The normalized spacial score (nSPS) is 12.5. The third-order valence-electron chi connectivity index (χ3n) is 1.81. The Balaban J connectivity index is 2.36. The van der Waals surface area contributed by atoms with Gasteiger partial charge in [-0.1, -0.05) is 0 Å². The van der Waals surface area contributed by atoms with E-state index in [0.29, 0.717) is 18.5 Å². The molecule has 0 aliphatic rings. The highest BCUT2D eigenvalue weighted by atomic mass is 16.3. The predicted molar refractivity (Wildman–Crippen MR) is 51.8 cm³/mol. The van der Waals surface area contributed by atoms with E-state index in [1.165, 1.54) is 6.20 Å². The van der Waals surface area contributed by atoms with Gasteiger partial charge in [-0.05, 0) is 13.3 Å². The van der Waals surface area contributed by atoms with E-state index in [-0.39, 0.29) is 12.0 Å². The van der Waals surface area contributed by atoms with Crippen molar-refractivity contribution in [2.45, 2.75) is 19.4 Å². The SMILES string of the molecule is CC(O)CCNC(=O)c1cnn(C)c1. The van der Waals surface area contributed by atoms with Gasteiger partial charge >= 0.3 is 0 Å². The van der Waals surface area contributed by atoms with E-state index in [1.54, 1.807) is 24.9 Å². The maximum absolute atomic E-state index is 11.4. The molecule has 14 heavy (non-hydrogen) atoms. The van der Waals surface area contributed by atoms with Crippen molar-refractivity contribution < 1.29 is 9.90 Å². The van der Waals surface area contributed by atoms with Gasteiger partial charge in [0.15, 0.2) is 0 Å². The number of hydrogen-bond acceptors (Lipinski definition) is 3. The molecule has 5 heteroatoms. The molecule has 1 aromatic rings. The minimum atomic E-state index is -0.385. The van der Waals surface area contributed by atoms with Crippen LogP contribution in [0, 0.1) is 0 Å². The molecule has 78 valence electrons. The molecule has 1 heterocycles. The third kappa shape index (κ3) is 3.18. The summed E-state index contributed by atoms with van der Waals surface area (Å²) < 4.78 is 1.57. The Labute approximate surface area is 82.7 Å². The van der Waals surface area contributed by atoms with Gasteiger partial charge in [0.25, 0.3) is 5.91 Å². The largest absolute Gasteiger partial charge is 0.393 e. The van der Waals surface area contributed by atoms with Crippen LogP contribution in [0.3, 0.4) is 0 Å². The minimum absolute atomic E-state index is 0.154. The first kappa shape index (κ1) is 10.7. The van der Waals surface area contributed by atoms with Crippen LogP contribution in [0.15, 0.2) is 12.4 Å². The Morgan fingerprint density at radius 3 is 3.00 bits per heavy atom. The lowest BCUT2D eigenvalue weighted by Gasteiger charge is -2.04. The van der Waals surface area contributed by atoms with Gasteiger partial charge in [0.2, 0.25) is 0 Å². The quantitative estimate of drug-likeness (QED) is 0.709. The number of aliphatic hydroxyl groups is 1. The van der Waals surface area contributed by atoms with Gasteiger partial charge in [-0.25, -0.2) is 0 Å². The van der Waals surface area contributed by atoms with Crippen molar-refractivity contribution in [3.05, 3.63) is 18.0 Å². The molecule has 0 saturated heterocycles. The van der Waals surface area contributed by atoms with E-state index < -0.39 is 0 Å². The highest BCUT2D eigenvalue weighted by Crippen LogP contribution is 1.96. The topological polar surface area (TPSA) is 67.2 Å². The molecule has 0 bridgehead atoms. The maximum Gasteiger partial charge on any atom is 0.254 e. The summed E-state index contributed by atoms with van der Waals surface area (Å²) in [7, 11) is 1.76. The molecule has 2 N–H and O–H groups in total. The number of carbonyl (C=O) groups excluding carboxylic acids is 1. The number of nitrogens with zero attached hydrogens (tertiary/aromatic N) is 2. The molecule has 0 fully saturated rings. The number of nitrogens with one attached hydrogen (secondary N) is 1. The molecule has 0 aliphatic carbocycles. The van der Waals surface area contributed by atoms with Gasteiger partial charge < -0.3 is 10.4 Å². The first-order chi connectivity index (χ1) is 6.59. The van der Waals surface area contributed by atoms with Crippen molar-refractivity contribution in [2.75, 3.05) is 6.54 Å². The van der Waals surface area contributed by atoms with Gasteiger partial charge in [-0.15, -0.1) is 0 Å². The van der Waals surface area contributed by atoms with Crippen molar-refractivity contribution in [2.24, 2.45) is 7.05 Å². The van der Waals surface area contributed by atoms with Crippen molar-refractivity contribution in [3.63, 3.8) is 0 Å². The summed E-state index contributed by atoms with van der Waals surface area (Å²) >= 11 is 0. The molecule has 1 unspecified atom stereocenters. The molecule has 0 saturated carbocycles. The molecule has 1 aromatic heterocycles. The fourth-order valence-corrected chi connectivity index (χ4v) is 1.04.